The molecule has 0 bridgehead atoms. The fourth-order valence-electron chi connectivity index (χ4n) is 5.85. The summed E-state index contributed by atoms with van der Waals surface area (Å²) in [5.74, 6) is -1.19. The molecule has 1 heterocycles. The number of benzene rings is 2. The molecule has 2 aromatic carbocycles. The van der Waals surface area contributed by atoms with E-state index in [4.69, 9.17) is 4.74 Å². The van der Waals surface area contributed by atoms with Crippen molar-refractivity contribution in [2.45, 2.75) is 85.7 Å². The number of hydrogen-bond donors (Lipinski definition) is 0. The second kappa shape index (κ2) is 12.8. The monoisotopic (exact) mass is 504 g/mol. The summed E-state index contributed by atoms with van der Waals surface area (Å²) in [5, 5.41) is 0. The summed E-state index contributed by atoms with van der Waals surface area (Å²) in [7, 11) is 0. The Labute approximate surface area is 223 Å². The molecule has 0 saturated carbocycles. The maximum absolute atomic E-state index is 14.0. The predicted molar refractivity (Wildman–Crippen MR) is 149 cm³/mol. The summed E-state index contributed by atoms with van der Waals surface area (Å²) in [6, 6.07) is 15.9. The molecule has 0 spiro atoms. The van der Waals surface area contributed by atoms with Crippen LogP contribution in [0.15, 0.2) is 48.5 Å². The lowest BCUT2D eigenvalue weighted by atomic mass is 9.71. The van der Waals surface area contributed by atoms with Crippen LogP contribution in [0.4, 0.5) is 0 Å². The minimum atomic E-state index is -0.660. The summed E-state index contributed by atoms with van der Waals surface area (Å²) >= 11 is 0. The number of carbonyl (C=O) groups excluding carboxylic acids is 3. The molecule has 3 rings (SSSR count). The average Bonchev–Trinajstić information content (AvgIpc) is 3.19. The minimum absolute atomic E-state index is 0.0501. The number of carbonyl (C=O) groups is 3. The molecule has 0 aromatic heterocycles. The topological polar surface area (TPSA) is 60.4 Å². The van der Waals surface area contributed by atoms with Crippen LogP contribution in [0.5, 0.6) is 0 Å². The van der Waals surface area contributed by atoms with Crippen LogP contribution in [0.25, 0.3) is 0 Å². The lowest BCUT2D eigenvalue weighted by molar-refractivity contribution is -0.135. The van der Waals surface area contributed by atoms with Gasteiger partial charge in [-0.15, -0.1) is 0 Å². The van der Waals surface area contributed by atoms with Crippen LogP contribution in [0.1, 0.15) is 86.8 Å². The Morgan fingerprint density at radius 1 is 1.00 bits per heavy atom. The van der Waals surface area contributed by atoms with Gasteiger partial charge in [0.25, 0.3) is 0 Å². The van der Waals surface area contributed by atoms with E-state index in [1.54, 1.807) is 0 Å². The number of ketones is 3. The highest BCUT2D eigenvalue weighted by molar-refractivity contribution is 5.98. The highest BCUT2D eigenvalue weighted by Crippen LogP contribution is 2.41. The molecule has 4 unspecified atom stereocenters. The van der Waals surface area contributed by atoms with Crippen LogP contribution in [0.2, 0.25) is 0 Å². The molecule has 1 saturated heterocycles. The van der Waals surface area contributed by atoms with Crippen molar-refractivity contribution < 1.29 is 19.1 Å². The zero-order valence-electron chi connectivity index (χ0n) is 23.5. The number of rotatable bonds is 13. The highest BCUT2D eigenvalue weighted by atomic mass is 16.5. The van der Waals surface area contributed by atoms with Crippen molar-refractivity contribution in [3.05, 3.63) is 70.8 Å². The van der Waals surface area contributed by atoms with Gasteiger partial charge in [0.05, 0.1) is 24.0 Å². The number of aryl methyl sites for hydroxylation is 1. The Bertz CT molecular complexity index is 1080. The summed E-state index contributed by atoms with van der Waals surface area (Å²) in [6.07, 6.45) is 4.32. The van der Waals surface area contributed by atoms with Crippen LogP contribution in [0.3, 0.4) is 0 Å². The lowest BCUT2D eigenvalue weighted by Crippen LogP contribution is -2.41. The Morgan fingerprint density at radius 3 is 2.38 bits per heavy atom. The maximum Gasteiger partial charge on any atom is 0.163 e. The second-order valence-corrected chi connectivity index (χ2v) is 11.4. The van der Waals surface area contributed by atoms with Gasteiger partial charge in [0, 0.05) is 24.3 Å². The van der Waals surface area contributed by atoms with Gasteiger partial charge in [-0.3, -0.25) is 14.4 Å². The molecule has 37 heavy (non-hydrogen) atoms. The first kappa shape index (κ1) is 29.0. The van der Waals surface area contributed by atoms with Crippen molar-refractivity contribution in [1.29, 1.82) is 0 Å². The quantitative estimate of drug-likeness (QED) is 0.215. The molecule has 0 radical (unpaired) electrons. The van der Waals surface area contributed by atoms with E-state index in [1.165, 1.54) is 0 Å². The van der Waals surface area contributed by atoms with Crippen molar-refractivity contribution in [3.8, 4) is 0 Å². The fourth-order valence-corrected chi connectivity index (χ4v) is 5.85. The van der Waals surface area contributed by atoms with Crippen molar-refractivity contribution in [1.82, 2.24) is 0 Å². The Kier molecular flexibility index (Phi) is 10.0. The highest BCUT2D eigenvalue weighted by Gasteiger charge is 2.51. The molecule has 0 N–H and O–H groups in total. The van der Waals surface area contributed by atoms with E-state index in [0.717, 1.165) is 41.5 Å². The van der Waals surface area contributed by atoms with Gasteiger partial charge in [-0.2, -0.15) is 0 Å². The molecular weight excluding hydrogens is 460 g/mol. The Hall–Kier alpha value is -2.59. The largest absolute Gasteiger partial charge is 0.374 e. The average molecular weight is 505 g/mol. The van der Waals surface area contributed by atoms with Gasteiger partial charge < -0.3 is 4.74 Å². The summed E-state index contributed by atoms with van der Waals surface area (Å²) in [4.78, 5) is 40.8. The first-order valence-electron chi connectivity index (χ1n) is 13.9. The molecule has 1 aliphatic heterocycles. The van der Waals surface area contributed by atoms with E-state index in [1.807, 2.05) is 71.0 Å². The second-order valence-electron chi connectivity index (χ2n) is 11.4. The molecule has 2 aromatic rings. The Morgan fingerprint density at radius 2 is 1.70 bits per heavy atom. The van der Waals surface area contributed by atoms with Crippen molar-refractivity contribution in [2.24, 2.45) is 23.7 Å². The number of hydrogen-bond acceptors (Lipinski definition) is 4. The minimum Gasteiger partial charge on any atom is -0.374 e. The van der Waals surface area contributed by atoms with Crippen molar-refractivity contribution in [3.63, 3.8) is 0 Å². The first-order chi connectivity index (χ1) is 17.6. The fraction of sp³-hybridized carbons (Fsp3) is 0.545. The van der Waals surface area contributed by atoms with Gasteiger partial charge in [-0.05, 0) is 63.1 Å². The molecule has 200 valence electrons. The normalized spacial score (nSPS) is 20.4. The molecule has 4 heteroatoms. The summed E-state index contributed by atoms with van der Waals surface area (Å²) in [5.41, 5.74) is 3.26. The maximum atomic E-state index is 14.0. The third-order valence-electron chi connectivity index (χ3n) is 8.37. The van der Waals surface area contributed by atoms with E-state index < -0.39 is 17.4 Å². The van der Waals surface area contributed by atoms with E-state index in [9.17, 15) is 14.4 Å². The molecular formula is C33H44O4. The van der Waals surface area contributed by atoms with Gasteiger partial charge in [-0.1, -0.05) is 75.2 Å². The van der Waals surface area contributed by atoms with E-state index in [2.05, 4.69) is 19.1 Å². The summed E-state index contributed by atoms with van der Waals surface area (Å²) in [6.45, 7) is 12.2. The van der Waals surface area contributed by atoms with Gasteiger partial charge in [-0.25, -0.2) is 0 Å². The third kappa shape index (κ3) is 7.04. The van der Waals surface area contributed by atoms with Crippen LogP contribution in [-0.4, -0.2) is 29.6 Å². The zero-order valence-corrected chi connectivity index (χ0v) is 23.5. The molecule has 1 aliphatic rings. The van der Waals surface area contributed by atoms with Gasteiger partial charge in [0.2, 0.25) is 0 Å². The smallest absolute Gasteiger partial charge is 0.163 e. The molecule has 4 atom stereocenters. The SMILES string of the molecule is CCCCCC(=O)C1C(C(=O)C(C)C(CC(=O)c2cccc(C)c2C)Cc2ccccc2)COC1(C)C. The van der Waals surface area contributed by atoms with Crippen LogP contribution < -0.4 is 0 Å². The number of unbranched alkanes of at least 4 members (excludes halogenated alkanes) is 2. The van der Waals surface area contributed by atoms with Crippen LogP contribution in [-0.2, 0) is 20.7 Å². The Balaban J connectivity index is 1.86. The van der Waals surface area contributed by atoms with Gasteiger partial charge >= 0.3 is 0 Å². The molecule has 0 aliphatic carbocycles. The molecule has 4 nitrogen and oxygen atoms in total. The standard InChI is InChI=1S/C33H44O4/c1-7-8-10-18-29(34)31-28(21-37-33(31,5)6)32(36)24(4)26(19-25-15-11-9-12-16-25)20-30(35)27-17-13-14-22(2)23(27)3/h9,11-17,24,26,28,31H,7-8,10,18-21H2,1-6H3. The predicted octanol–water partition coefficient (Wildman–Crippen LogP) is 7.13. The van der Waals surface area contributed by atoms with Crippen LogP contribution >= 0.6 is 0 Å². The number of Topliss-reactive ketones (excluding diaryl/α,β-unsaturated/α-hetero) is 3. The zero-order chi connectivity index (χ0) is 27.2. The lowest BCUT2D eigenvalue weighted by Gasteiger charge is -2.30. The van der Waals surface area contributed by atoms with Gasteiger partial charge in [0.1, 0.15) is 11.6 Å². The van der Waals surface area contributed by atoms with Crippen LogP contribution in [0, 0.1) is 37.5 Å². The summed E-state index contributed by atoms with van der Waals surface area (Å²) < 4.78 is 6.03. The van der Waals surface area contributed by atoms with E-state index >= 15 is 0 Å². The van der Waals surface area contributed by atoms with E-state index in [0.29, 0.717) is 12.8 Å². The molecule has 1 fully saturated rings. The van der Waals surface area contributed by atoms with E-state index in [-0.39, 0.29) is 42.2 Å². The van der Waals surface area contributed by atoms with Gasteiger partial charge in [0.15, 0.2) is 5.78 Å². The molecule has 0 amide bonds. The van der Waals surface area contributed by atoms with Crippen molar-refractivity contribution in [2.75, 3.05) is 6.61 Å². The number of ether oxygens (including phenoxy) is 1. The first-order valence-corrected chi connectivity index (χ1v) is 13.9. The third-order valence-corrected chi connectivity index (χ3v) is 8.37. The van der Waals surface area contributed by atoms with Crippen molar-refractivity contribution >= 4 is 17.3 Å².